The SMILES string of the molecule is [CH]=CCCCc1cc(C)oc1C. The van der Waals surface area contributed by atoms with Crippen molar-refractivity contribution in [3.63, 3.8) is 0 Å². The molecule has 0 amide bonds. The van der Waals surface area contributed by atoms with Crippen LogP contribution in [0.1, 0.15) is 29.9 Å². The van der Waals surface area contributed by atoms with Crippen molar-refractivity contribution in [1.82, 2.24) is 0 Å². The third kappa shape index (κ3) is 2.26. The maximum Gasteiger partial charge on any atom is 0.104 e. The lowest BCUT2D eigenvalue weighted by atomic mass is 10.1. The lowest BCUT2D eigenvalue weighted by Crippen LogP contribution is -1.83. The van der Waals surface area contributed by atoms with Crippen LogP contribution in [0.4, 0.5) is 0 Å². The van der Waals surface area contributed by atoms with Gasteiger partial charge in [-0.3, -0.25) is 0 Å². The van der Waals surface area contributed by atoms with E-state index < -0.39 is 0 Å². The van der Waals surface area contributed by atoms with Gasteiger partial charge in [0.05, 0.1) is 0 Å². The minimum absolute atomic E-state index is 0.976. The molecule has 0 aliphatic heterocycles. The number of allylic oxidation sites excluding steroid dienone is 1. The van der Waals surface area contributed by atoms with E-state index >= 15 is 0 Å². The topological polar surface area (TPSA) is 13.1 Å². The van der Waals surface area contributed by atoms with Crippen LogP contribution in [-0.4, -0.2) is 0 Å². The average molecular weight is 163 g/mol. The Hall–Kier alpha value is -0.980. The molecule has 0 bridgehead atoms. The monoisotopic (exact) mass is 163 g/mol. The summed E-state index contributed by atoms with van der Waals surface area (Å²) in [5.74, 6) is 2.05. The Morgan fingerprint density at radius 2 is 2.25 bits per heavy atom. The first-order chi connectivity index (χ1) is 5.74. The molecule has 1 heterocycles. The number of rotatable bonds is 4. The van der Waals surface area contributed by atoms with Gasteiger partial charge < -0.3 is 4.42 Å². The van der Waals surface area contributed by atoms with Crippen molar-refractivity contribution in [2.24, 2.45) is 0 Å². The maximum atomic E-state index is 5.40. The zero-order chi connectivity index (χ0) is 8.97. The van der Waals surface area contributed by atoms with E-state index in [1.165, 1.54) is 5.56 Å². The van der Waals surface area contributed by atoms with Crippen LogP contribution < -0.4 is 0 Å². The van der Waals surface area contributed by atoms with Gasteiger partial charge in [0, 0.05) is 0 Å². The van der Waals surface area contributed by atoms with Gasteiger partial charge in [0.1, 0.15) is 11.5 Å². The molecule has 0 saturated heterocycles. The predicted molar refractivity (Wildman–Crippen MR) is 50.0 cm³/mol. The average Bonchev–Trinajstić information content (AvgIpc) is 2.31. The summed E-state index contributed by atoms with van der Waals surface area (Å²) in [6.07, 6.45) is 4.86. The molecule has 0 spiro atoms. The Bertz CT molecular complexity index is 258. The van der Waals surface area contributed by atoms with Gasteiger partial charge in [-0.05, 0) is 44.7 Å². The second-order valence-electron chi connectivity index (χ2n) is 3.07. The van der Waals surface area contributed by atoms with Gasteiger partial charge in [0.2, 0.25) is 0 Å². The maximum absolute atomic E-state index is 5.40. The number of hydrogen-bond acceptors (Lipinski definition) is 1. The Balaban J connectivity index is 2.50. The third-order valence-electron chi connectivity index (χ3n) is 1.96. The molecule has 0 aliphatic carbocycles. The van der Waals surface area contributed by atoms with Crippen molar-refractivity contribution >= 4 is 0 Å². The van der Waals surface area contributed by atoms with Gasteiger partial charge in [-0.1, -0.05) is 12.7 Å². The zero-order valence-electron chi connectivity index (χ0n) is 7.76. The quantitative estimate of drug-likeness (QED) is 0.621. The second-order valence-corrected chi connectivity index (χ2v) is 3.07. The van der Waals surface area contributed by atoms with E-state index in [0.717, 1.165) is 30.8 Å². The highest BCUT2D eigenvalue weighted by molar-refractivity contribution is 5.20. The molecule has 0 saturated carbocycles. The molecular formula is C11H15O. The van der Waals surface area contributed by atoms with Crippen LogP contribution in [0, 0.1) is 20.4 Å². The molecule has 0 fully saturated rings. The number of unbranched alkanes of at least 4 members (excludes halogenated alkanes) is 1. The summed E-state index contributed by atoms with van der Waals surface area (Å²) in [6, 6.07) is 2.10. The highest BCUT2D eigenvalue weighted by atomic mass is 16.3. The molecule has 0 N–H and O–H groups in total. The normalized spacial score (nSPS) is 10.2. The molecule has 0 unspecified atom stereocenters. The summed E-state index contributed by atoms with van der Waals surface area (Å²) in [6.45, 7) is 9.27. The minimum Gasteiger partial charge on any atom is -0.466 e. The predicted octanol–water partition coefficient (Wildman–Crippen LogP) is 3.21. The van der Waals surface area contributed by atoms with Gasteiger partial charge in [-0.15, -0.1) is 0 Å². The molecule has 0 atom stereocenters. The first-order valence-electron chi connectivity index (χ1n) is 4.33. The lowest BCUT2D eigenvalue weighted by Gasteiger charge is -1.94. The van der Waals surface area contributed by atoms with E-state index in [4.69, 9.17) is 11.0 Å². The van der Waals surface area contributed by atoms with Gasteiger partial charge in [0.25, 0.3) is 0 Å². The van der Waals surface area contributed by atoms with Gasteiger partial charge in [-0.25, -0.2) is 0 Å². The van der Waals surface area contributed by atoms with E-state index in [2.05, 4.69) is 6.07 Å². The molecule has 0 aromatic carbocycles. The minimum atomic E-state index is 0.976. The van der Waals surface area contributed by atoms with Crippen LogP contribution in [0.2, 0.25) is 0 Å². The summed E-state index contributed by atoms with van der Waals surface area (Å²) in [4.78, 5) is 0. The fourth-order valence-electron chi connectivity index (χ4n) is 1.34. The van der Waals surface area contributed by atoms with Gasteiger partial charge >= 0.3 is 0 Å². The number of furan rings is 1. The largest absolute Gasteiger partial charge is 0.466 e. The Morgan fingerprint density at radius 3 is 2.75 bits per heavy atom. The lowest BCUT2D eigenvalue weighted by molar-refractivity contribution is 0.500. The molecule has 1 rings (SSSR count). The molecule has 1 nitrogen and oxygen atoms in total. The van der Waals surface area contributed by atoms with Crippen molar-refractivity contribution in [1.29, 1.82) is 0 Å². The van der Waals surface area contributed by atoms with E-state index in [0.29, 0.717) is 0 Å². The first kappa shape index (κ1) is 9.11. The molecule has 65 valence electrons. The Morgan fingerprint density at radius 1 is 1.50 bits per heavy atom. The van der Waals surface area contributed by atoms with Crippen LogP contribution in [-0.2, 0) is 6.42 Å². The van der Waals surface area contributed by atoms with Crippen molar-refractivity contribution < 1.29 is 4.42 Å². The van der Waals surface area contributed by atoms with Crippen LogP contribution in [0.5, 0.6) is 0 Å². The van der Waals surface area contributed by atoms with Gasteiger partial charge in [-0.2, -0.15) is 0 Å². The van der Waals surface area contributed by atoms with Crippen LogP contribution in [0.25, 0.3) is 0 Å². The molecule has 1 heteroatoms. The molecule has 1 radical (unpaired) electrons. The van der Waals surface area contributed by atoms with Crippen LogP contribution in [0.3, 0.4) is 0 Å². The molecule has 12 heavy (non-hydrogen) atoms. The molecule has 1 aromatic rings. The highest BCUT2D eigenvalue weighted by Gasteiger charge is 2.02. The highest BCUT2D eigenvalue weighted by Crippen LogP contribution is 2.15. The Kier molecular flexibility index (Phi) is 3.15. The summed E-state index contributed by atoms with van der Waals surface area (Å²) < 4.78 is 5.40. The standard InChI is InChI=1S/C11H15O/c1-4-5-6-7-11-8-9(2)12-10(11)3/h1,4,8H,5-7H2,2-3H3. The zero-order valence-corrected chi connectivity index (χ0v) is 7.76. The first-order valence-corrected chi connectivity index (χ1v) is 4.33. The van der Waals surface area contributed by atoms with Crippen molar-refractivity contribution in [3.8, 4) is 0 Å². The van der Waals surface area contributed by atoms with E-state index in [1.807, 2.05) is 13.8 Å². The van der Waals surface area contributed by atoms with Crippen LogP contribution >= 0.6 is 0 Å². The fraction of sp³-hybridized carbons (Fsp3) is 0.455. The Labute approximate surface area is 74.1 Å². The fourth-order valence-corrected chi connectivity index (χ4v) is 1.34. The van der Waals surface area contributed by atoms with Crippen molar-refractivity contribution in [3.05, 3.63) is 35.8 Å². The van der Waals surface area contributed by atoms with E-state index in [1.54, 1.807) is 6.08 Å². The van der Waals surface area contributed by atoms with Gasteiger partial charge in [0.15, 0.2) is 0 Å². The van der Waals surface area contributed by atoms with Crippen molar-refractivity contribution in [2.75, 3.05) is 0 Å². The van der Waals surface area contributed by atoms with Crippen LogP contribution in [0.15, 0.2) is 16.6 Å². The number of aryl methyl sites for hydroxylation is 3. The molecular weight excluding hydrogens is 148 g/mol. The number of hydrogen-bond donors (Lipinski definition) is 0. The summed E-state index contributed by atoms with van der Waals surface area (Å²) in [7, 11) is 0. The van der Waals surface area contributed by atoms with E-state index in [-0.39, 0.29) is 0 Å². The molecule has 1 aromatic heterocycles. The summed E-state index contributed by atoms with van der Waals surface area (Å²) in [5.41, 5.74) is 1.31. The molecule has 0 aliphatic rings. The van der Waals surface area contributed by atoms with E-state index in [9.17, 15) is 0 Å². The third-order valence-corrected chi connectivity index (χ3v) is 1.96. The summed E-state index contributed by atoms with van der Waals surface area (Å²) >= 11 is 0. The smallest absolute Gasteiger partial charge is 0.104 e. The summed E-state index contributed by atoms with van der Waals surface area (Å²) in [5, 5.41) is 0. The second kappa shape index (κ2) is 4.15. The van der Waals surface area contributed by atoms with Crippen molar-refractivity contribution in [2.45, 2.75) is 33.1 Å².